The van der Waals surface area contributed by atoms with Crippen molar-refractivity contribution in [1.29, 1.82) is 0 Å². The van der Waals surface area contributed by atoms with Crippen LogP contribution in [0.1, 0.15) is 26.3 Å². The number of amides is 1. The summed E-state index contributed by atoms with van der Waals surface area (Å²) in [6, 6.07) is 21.7. The molecule has 0 radical (unpaired) electrons. The second-order valence-electron chi connectivity index (χ2n) is 7.43. The van der Waals surface area contributed by atoms with Gasteiger partial charge in [0.25, 0.3) is 5.91 Å². The molecule has 0 saturated carbocycles. The van der Waals surface area contributed by atoms with Gasteiger partial charge < -0.3 is 9.88 Å². The quantitative estimate of drug-likeness (QED) is 0.274. The molecule has 1 heterocycles. The molecule has 0 atom stereocenters. The number of aryl methyl sites for hydroxylation is 1. The molecule has 4 aromatic rings. The Labute approximate surface area is 201 Å². The molecule has 8 heteroatoms. The number of rotatable bonds is 7. The number of benzene rings is 3. The van der Waals surface area contributed by atoms with Crippen LogP contribution in [0.25, 0.3) is 11.4 Å². The van der Waals surface area contributed by atoms with Gasteiger partial charge in [0.05, 0.1) is 5.75 Å². The van der Waals surface area contributed by atoms with Crippen LogP contribution < -0.4 is 5.32 Å². The van der Waals surface area contributed by atoms with Crippen molar-refractivity contribution in [2.75, 3.05) is 11.1 Å². The van der Waals surface area contributed by atoms with Gasteiger partial charge in [-0.25, -0.2) is 0 Å². The van der Waals surface area contributed by atoms with Crippen LogP contribution in [0.5, 0.6) is 0 Å². The first kappa shape index (κ1) is 22.8. The van der Waals surface area contributed by atoms with Gasteiger partial charge in [-0.2, -0.15) is 0 Å². The molecule has 0 aliphatic rings. The van der Waals surface area contributed by atoms with Crippen LogP contribution in [0, 0.1) is 6.92 Å². The van der Waals surface area contributed by atoms with E-state index in [4.69, 9.17) is 11.6 Å². The molecule has 0 fully saturated rings. The molecule has 6 nitrogen and oxygen atoms in total. The van der Waals surface area contributed by atoms with Crippen molar-refractivity contribution in [1.82, 2.24) is 14.8 Å². The Kier molecular flexibility index (Phi) is 6.91. The zero-order valence-electron chi connectivity index (χ0n) is 18.1. The van der Waals surface area contributed by atoms with Gasteiger partial charge in [0.2, 0.25) is 0 Å². The van der Waals surface area contributed by atoms with Gasteiger partial charge in [0, 0.05) is 34.4 Å². The fraction of sp³-hybridized carbons (Fsp3) is 0.120. The summed E-state index contributed by atoms with van der Waals surface area (Å²) < 4.78 is 1.84. The van der Waals surface area contributed by atoms with Crippen molar-refractivity contribution in [3.05, 3.63) is 94.5 Å². The van der Waals surface area contributed by atoms with Crippen LogP contribution in [-0.4, -0.2) is 32.2 Å². The molecule has 33 heavy (non-hydrogen) atoms. The van der Waals surface area contributed by atoms with Crippen LogP contribution in [0.15, 0.2) is 78.0 Å². The van der Waals surface area contributed by atoms with Crippen LogP contribution in [-0.2, 0) is 7.05 Å². The Hall–Kier alpha value is -3.42. The predicted molar refractivity (Wildman–Crippen MR) is 132 cm³/mol. The summed E-state index contributed by atoms with van der Waals surface area (Å²) in [5, 5.41) is 12.7. The maximum Gasteiger partial charge on any atom is 0.255 e. The van der Waals surface area contributed by atoms with E-state index in [1.54, 1.807) is 30.3 Å². The lowest BCUT2D eigenvalue weighted by atomic mass is 10.1. The van der Waals surface area contributed by atoms with E-state index in [1.165, 1.54) is 11.8 Å². The Morgan fingerprint density at radius 2 is 1.76 bits per heavy atom. The number of hydrogen-bond acceptors (Lipinski definition) is 5. The zero-order chi connectivity index (χ0) is 23.4. The van der Waals surface area contributed by atoms with Crippen LogP contribution in [0.4, 0.5) is 5.69 Å². The third kappa shape index (κ3) is 5.32. The number of halogens is 1. The normalized spacial score (nSPS) is 10.8. The number of thioether (sulfide) groups is 1. The molecule has 3 aromatic carbocycles. The van der Waals surface area contributed by atoms with Crippen molar-refractivity contribution in [3.63, 3.8) is 0 Å². The fourth-order valence-corrected chi connectivity index (χ4v) is 4.23. The highest BCUT2D eigenvalue weighted by molar-refractivity contribution is 7.99. The molecular formula is C25H21ClN4O2S. The minimum absolute atomic E-state index is 0.0119. The number of carbonyl (C=O) groups excluding carboxylic acids is 2. The van der Waals surface area contributed by atoms with E-state index in [9.17, 15) is 9.59 Å². The minimum Gasteiger partial charge on any atom is -0.322 e. The molecule has 1 aromatic heterocycles. The molecule has 0 saturated heterocycles. The smallest absolute Gasteiger partial charge is 0.255 e. The van der Waals surface area contributed by atoms with Gasteiger partial charge in [-0.1, -0.05) is 53.7 Å². The molecule has 0 unspecified atom stereocenters. The van der Waals surface area contributed by atoms with Crippen LogP contribution in [0.2, 0.25) is 5.02 Å². The molecule has 0 aliphatic carbocycles. The first-order valence-electron chi connectivity index (χ1n) is 10.2. The number of nitrogens with one attached hydrogen (secondary N) is 1. The molecular weight excluding hydrogens is 456 g/mol. The molecule has 0 spiro atoms. The van der Waals surface area contributed by atoms with E-state index in [2.05, 4.69) is 15.5 Å². The van der Waals surface area contributed by atoms with Crippen molar-refractivity contribution in [2.45, 2.75) is 12.1 Å². The molecule has 0 aliphatic heterocycles. The second kappa shape index (κ2) is 10.0. The third-order valence-corrected chi connectivity index (χ3v) is 6.37. The molecule has 1 amide bonds. The Bertz CT molecular complexity index is 1320. The largest absolute Gasteiger partial charge is 0.322 e. The molecule has 1 N–H and O–H groups in total. The van der Waals surface area contributed by atoms with E-state index in [0.29, 0.717) is 32.8 Å². The SMILES string of the molecule is Cc1ccccc1C(=O)Nc1cccc(-c2nnc(SCC(=O)c3ccc(Cl)cc3)n2C)c1. The van der Waals surface area contributed by atoms with E-state index < -0.39 is 0 Å². The zero-order valence-corrected chi connectivity index (χ0v) is 19.7. The summed E-state index contributed by atoms with van der Waals surface area (Å²) in [4.78, 5) is 25.1. The van der Waals surface area contributed by atoms with Crippen molar-refractivity contribution in [2.24, 2.45) is 7.05 Å². The fourth-order valence-electron chi connectivity index (χ4n) is 3.30. The Morgan fingerprint density at radius 3 is 2.52 bits per heavy atom. The first-order valence-corrected chi connectivity index (χ1v) is 11.6. The molecule has 4 rings (SSSR count). The second-order valence-corrected chi connectivity index (χ2v) is 8.81. The number of nitrogens with zero attached hydrogens (tertiary/aromatic N) is 3. The minimum atomic E-state index is -0.167. The standard InChI is InChI=1S/C25H21ClN4O2S/c1-16-6-3-4-9-21(16)24(32)27-20-8-5-7-18(14-20)23-28-29-25(30(23)2)33-15-22(31)17-10-12-19(26)13-11-17/h3-14H,15H2,1-2H3,(H,27,32). The van der Waals surface area contributed by atoms with Gasteiger partial charge in [-0.3, -0.25) is 9.59 Å². The Morgan fingerprint density at radius 1 is 1.00 bits per heavy atom. The summed E-state index contributed by atoms with van der Waals surface area (Å²) in [5.41, 5.74) is 3.62. The highest BCUT2D eigenvalue weighted by atomic mass is 35.5. The van der Waals surface area contributed by atoms with Crippen molar-refractivity contribution < 1.29 is 9.59 Å². The molecule has 0 bridgehead atoms. The van der Waals surface area contributed by atoms with Gasteiger partial charge in [-0.15, -0.1) is 10.2 Å². The number of anilines is 1. The predicted octanol–water partition coefficient (Wildman–Crippen LogP) is 5.67. The summed E-state index contributed by atoms with van der Waals surface area (Å²) in [6.45, 7) is 1.90. The summed E-state index contributed by atoms with van der Waals surface area (Å²) >= 11 is 7.21. The van der Waals surface area contributed by atoms with E-state index in [-0.39, 0.29) is 17.4 Å². The van der Waals surface area contributed by atoms with E-state index in [0.717, 1.165) is 11.1 Å². The van der Waals surface area contributed by atoms with Gasteiger partial charge in [0.15, 0.2) is 16.8 Å². The number of carbonyl (C=O) groups is 2. The molecule has 166 valence electrons. The number of ketones is 1. The lowest BCUT2D eigenvalue weighted by Crippen LogP contribution is -2.13. The highest BCUT2D eigenvalue weighted by Crippen LogP contribution is 2.26. The number of aromatic nitrogens is 3. The first-order chi connectivity index (χ1) is 15.9. The van der Waals surface area contributed by atoms with Crippen molar-refractivity contribution in [3.8, 4) is 11.4 Å². The van der Waals surface area contributed by atoms with E-state index in [1.807, 2.05) is 61.0 Å². The topological polar surface area (TPSA) is 76.9 Å². The summed E-state index contributed by atoms with van der Waals surface area (Å²) in [5.74, 6) is 0.700. The average molecular weight is 477 g/mol. The number of hydrogen-bond donors (Lipinski definition) is 1. The van der Waals surface area contributed by atoms with Gasteiger partial charge >= 0.3 is 0 Å². The van der Waals surface area contributed by atoms with E-state index >= 15 is 0 Å². The number of Topliss-reactive ketones (excluding diaryl/α,β-unsaturated/α-hetero) is 1. The summed E-state index contributed by atoms with van der Waals surface area (Å²) in [6.07, 6.45) is 0. The summed E-state index contributed by atoms with van der Waals surface area (Å²) in [7, 11) is 1.85. The maximum atomic E-state index is 12.7. The van der Waals surface area contributed by atoms with Gasteiger partial charge in [0.1, 0.15) is 0 Å². The monoisotopic (exact) mass is 476 g/mol. The third-order valence-electron chi connectivity index (χ3n) is 5.10. The lowest BCUT2D eigenvalue weighted by Gasteiger charge is -2.09. The van der Waals surface area contributed by atoms with Crippen molar-refractivity contribution >= 4 is 40.7 Å². The maximum absolute atomic E-state index is 12.7. The van der Waals surface area contributed by atoms with Crippen LogP contribution >= 0.6 is 23.4 Å². The van der Waals surface area contributed by atoms with Crippen LogP contribution in [0.3, 0.4) is 0 Å². The average Bonchev–Trinajstić information content (AvgIpc) is 3.18. The van der Waals surface area contributed by atoms with Gasteiger partial charge in [-0.05, 0) is 55.0 Å². The highest BCUT2D eigenvalue weighted by Gasteiger charge is 2.15. The lowest BCUT2D eigenvalue weighted by molar-refractivity contribution is 0.101. The Balaban J connectivity index is 1.47.